The number of allylic oxidation sites excluding steroid dienone is 1. The third kappa shape index (κ3) is 18.7. The van der Waals surface area contributed by atoms with Crippen LogP contribution in [0, 0.1) is 0 Å². The molecule has 0 aliphatic carbocycles. The second-order valence-electron chi connectivity index (χ2n) is 4.97. The summed E-state index contributed by atoms with van der Waals surface area (Å²) >= 11 is 0. The molecule has 0 aromatic rings. The molecular weight excluding hydrogens is 274 g/mol. The van der Waals surface area contributed by atoms with Gasteiger partial charge in [-0.3, -0.25) is 0 Å². The summed E-state index contributed by atoms with van der Waals surface area (Å²) in [5, 5.41) is 0. The highest BCUT2D eigenvalue weighted by atomic mass is 79.9. The second-order valence-corrected chi connectivity index (χ2v) is 4.97. The smallest absolute Gasteiger partial charge is 0.000980 e. The van der Waals surface area contributed by atoms with Crippen LogP contribution in [0.1, 0.15) is 64.7 Å². The third-order valence-electron chi connectivity index (χ3n) is 2.88. The van der Waals surface area contributed by atoms with E-state index in [0.717, 1.165) is 0 Å². The lowest BCUT2D eigenvalue weighted by atomic mass is 10.1. The molecule has 0 saturated carbocycles. The second kappa shape index (κ2) is 16.2. The number of halogens is 1. The molecule has 1 nitrogen and oxygen atoms in total. The van der Waals surface area contributed by atoms with Crippen LogP contribution in [0.25, 0.3) is 0 Å². The van der Waals surface area contributed by atoms with Crippen molar-refractivity contribution in [1.29, 1.82) is 0 Å². The average molecular weight is 306 g/mol. The summed E-state index contributed by atoms with van der Waals surface area (Å²) in [6.45, 7) is 3.45. The summed E-state index contributed by atoms with van der Waals surface area (Å²) in [6.07, 6.45) is 17.1. The van der Waals surface area contributed by atoms with Crippen molar-refractivity contribution in [2.75, 3.05) is 20.6 Å². The SMILES string of the molecule is Br.CCCCCCCCCC=CCCN(C)C. The first-order valence-corrected chi connectivity index (χ1v) is 7.07. The Labute approximate surface area is 119 Å². The molecule has 0 aliphatic rings. The molecule has 2 heteroatoms. The van der Waals surface area contributed by atoms with Gasteiger partial charge < -0.3 is 4.90 Å². The van der Waals surface area contributed by atoms with E-state index in [1.807, 2.05) is 0 Å². The van der Waals surface area contributed by atoms with Crippen molar-refractivity contribution < 1.29 is 0 Å². The normalized spacial score (nSPS) is 11.1. The molecule has 0 aliphatic heterocycles. The lowest BCUT2D eigenvalue weighted by molar-refractivity contribution is 0.417. The Morgan fingerprint density at radius 1 is 0.765 bits per heavy atom. The Bertz CT molecular complexity index is 155. The van der Waals surface area contributed by atoms with Crippen LogP contribution in [0.15, 0.2) is 12.2 Å². The number of hydrogen-bond donors (Lipinski definition) is 0. The maximum atomic E-state index is 2.36. The first-order valence-electron chi connectivity index (χ1n) is 7.07. The summed E-state index contributed by atoms with van der Waals surface area (Å²) in [6, 6.07) is 0. The molecule has 104 valence electrons. The molecule has 0 aromatic heterocycles. The number of hydrogen-bond acceptors (Lipinski definition) is 1. The number of unbranched alkanes of at least 4 members (excludes halogenated alkanes) is 7. The topological polar surface area (TPSA) is 3.24 Å². The molecule has 17 heavy (non-hydrogen) atoms. The largest absolute Gasteiger partial charge is 0.309 e. The zero-order valence-corrected chi connectivity index (χ0v) is 13.8. The van der Waals surface area contributed by atoms with Gasteiger partial charge in [-0.2, -0.15) is 0 Å². The van der Waals surface area contributed by atoms with Crippen molar-refractivity contribution in [1.82, 2.24) is 4.90 Å². The fourth-order valence-electron chi connectivity index (χ4n) is 1.79. The minimum atomic E-state index is 0. The molecule has 0 aromatic carbocycles. The first-order chi connectivity index (χ1) is 7.77. The fraction of sp³-hybridized carbons (Fsp3) is 0.867. The predicted molar refractivity (Wildman–Crippen MR) is 85.2 cm³/mol. The summed E-state index contributed by atoms with van der Waals surface area (Å²) < 4.78 is 0. The highest BCUT2D eigenvalue weighted by molar-refractivity contribution is 8.93. The molecule has 0 unspecified atom stereocenters. The van der Waals surface area contributed by atoms with Crippen LogP contribution in [0.2, 0.25) is 0 Å². The van der Waals surface area contributed by atoms with Gasteiger partial charge in [-0.25, -0.2) is 0 Å². The van der Waals surface area contributed by atoms with Crippen LogP contribution in [-0.4, -0.2) is 25.5 Å². The van der Waals surface area contributed by atoms with Gasteiger partial charge in [0.05, 0.1) is 0 Å². The van der Waals surface area contributed by atoms with Crippen molar-refractivity contribution in [2.24, 2.45) is 0 Å². The minimum absolute atomic E-state index is 0. The maximum Gasteiger partial charge on any atom is 0.000980 e. The van der Waals surface area contributed by atoms with Gasteiger partial charge in [-0.1, -0.05) is 57.6 Å². The van der Waals surface area contributed by atoms with Gasteiger partial charge in [-0.05, 0) is 33.4 Å². The van der Waals surface area contributed by atoms with Crippen LogP contribution in [-0.2, 0) is 0 Å². The van der Waals surface area contributed by atoms with E-state index in [1.54, 1.807) is 0 Å². The molecule has 0 amide bonds. The van der Waals surface area contributed by atoms with Crippen LogP contribution >= 0.6 is 17.0 Å². The molecule has 0 radical (unpaired) electrons. The number of nitrogens with zero attached hydrogens (tertiary/aromatic N) is 1. The summed E-state index contributed by atoms with van der Waals surface area (Å²) in [5.74, 6) is 0. The van der Waals surface area contributed by atoms with Crippen LogP contribution in [0.5, 0.6) is 0 Å². The molecule has 0 spiro atoms. The van der Waals surface area contributed by atoms with Crippen molar-refractivity contribution >= 4 is 17.0 Å². The average Bonchev–Trinajstić information content (AvgIpc) is 2.25. The van der Waals surface area contributed by atoms with E-state index in [0.29, 0.717) is 0 Å². The van der Waals surface area contributed by atoms with Gasteiger partial charge in [0.25, 0.3) is 0 Å². The van der Waals surface area contributed by atoms with E-state index in [4.69, 9.17) is 0 Å². The standard InChI is InChI=1S/C15H31N.BrH/c1-4-5-6-7-8-9-10-11-12-13-14-15-16(2)3;/h12-13H,4-11,14-15H2,1-3H3;1H. The monoisotopic (exact) mass is 305 g/mol. The highest BCUT2D eigenvalue weighted by Crippen LogP contribution is 2.08. The lowest BCUT2D eigenvalue weighted by Crippen LogP contribution is -2.11. The summed E-state index contributed by atoms with van der Waals surface area (Å²) in [7, 11) is 4.26. The Kier molecular flexibility index (Phi) is 18.6. The minimum Gasteiger partial charge on any atom is -0.309 e. The molecule has 0 fully saturated rings. The summed E-state index contributed by atoms with van der Waals surface area (Å²) in [4.78, 5) is 2.23. The Hall–Kier alpha value is 0.180. The van der Waals surface area contributed by atoms with E-state index < -0.39 is 0 Å². The Balaban J connectivity index is 0. The molecule has 0 saturated heterocycles. The molecular formula is C15H32BrN. The Morgan fingerprint density at radius 2 is 1.29 bits per heavy atom. The first kappa shape index (κ1) is 19.5. The van der Waals surface area contributed by atoms with Gasteiger partial charge in [0.1, 0.15) is 0 Å². The third-order valence-corrected chi connectivity index (χ3v) is 2.88. The molecule has 0 N–H and O–H groups in total. The van der Waals surface area contributed by atoms with Crippen molar-refractivity contribution in [3.8, 4) is 0 Å². The van der Waals surface area contributed by atoms with E-state index in [9.17, 15) is 0 Å². The summed E-state index contributed by atoms with van der Waals surface area (Å²) in [5.41, 5.74) is 0. The van der Waals surface area contributed by atoms with E-state index in [1.165, 1.54) is 64.3 Å². The predicted octanol–water partition coefficient (Wildman–Crippen LogP) is 5.21. The van der Waals surface area contributed by atoms with Gasteiger partial charge >= 0.3 is 0 Å². The van der Waals surface area contributed by atoms with Crippen molar-refractivity contribution in [3.05, 3.63) is 12.2 Å². The van der Waals surface area contributed by atoms with Crippen molar-refractivity contribution in [3.63, 3.8) is 0 Å². The maximum absolute atomic E-state index is 2.36. The van der Waals surface area contributed by atoms with E-state index in [-0.39, 0.29) is 17.0 Å². The number of rotatable bonds is 11. The van der Waals surface area contributed by atoms with Crippen LogP contribution in [0.4, 0.5) is 0 Å². The van der Waals surface area contributed by atoms with Crippen molar-refractivity contribution in [2.45, 2.75) is 64.7 Å². The Morgan fingerprint density at radius 3 is 1.88 bits per heavy atom. The zero-order chi connectivity index (χ0) is 12.1. The fourth-order valence-corrected chi connectivity index (χ4v) is 1.79. The van der Waals surface area contributed by atoms with Gasteiger partial charge in [-0.15, -0.1) is 17.0 Å². The molecule has 0 heterocycles. The van der Waals surface area contributed by atoms with E-state index in [2.05, 4.69) is 38.1 Å². The lowest BCUT2D eigenvalue weighted by Gasteiger charge is -2.05. The van der Waals surface area contributed by atoms with Gasteiger partial charge in [0, 0.05) is 6.54 Å². The van der Waals surface area contributed by atoms with Crippen LogP contribution in [0.3, 0.4) is 0 Å². The van der Waals surface area contributed by atoms with E-state index >= 15 is 0 Å². The van der Waals surface area contributed by atoms with Gasteiger partial charge in [0.15, 0.2) is 0 Å². The van der Waals surface area contributed by atoms with Crippen LogP contribution < -0.4 is 0 Å². The molecule has 0 rings (SSSR count). The van der Waals surface area contributed by atoms with Gasteiger partial charge in [0.2, 0.25) is 0 Å². The highest BCUT2D eigenvalue weighted by Gasteiger charge is 1.89. The molecule has 0 atom stereocenters. The zero-order valence-electron chi connectivity index (χ0n) is 12.1. The molecule has 0 bridgehead atoms. The quantitative estimate of drug-likeness (QED) is 0.374.